The van der Waals surface area contributed by atoms with Crippen LogP contribution in [0, 0.1) is 0 Å². The lowest BCUT2D eigenvalue weighted by atomic mass is 10.5. The minimum absolute atomic E-state index is 0.169. The molecule has 1 aromatic heterocycles. The highest BCUT2D eigenvalue weighted by atomic mass is 32.1. The summed E-state index contributed by atoms with van der Waals surface area (Å²) in [7, 11) is 0. The molecule has 6 nitrogen and oxygen atoms in total. The van der Waals surface area contributed by atoms with Crippen LogP contribution in [0.25, 0.3) is 0 Å². The second kappa shape index (κ2) is 3.94. The molecule has 0 aliphatic heterocycles. The summed E-state index contributed by atoms with van der Waals surface area (Å²) in [6.45, 7) is 1.35. The van der Waals surface area contributed by atoms with E-state index in [-0.39, 0.29) is 12.3 Å². The number of hydrogen-bond acceptors (Lipinski definition) is 5. The van der Waals surface area contributed by atoms with E-state index in [0.717, 1.165) is 11.3 Å². The Hall–Kier alpha value is -1.50. The number of aromatic nitrogens is 2. The van der Waals surface area contributed by atoms with Gasteiger partial charge >= 0.3 is 5.97 Å². The van der Waals surface area contributed by atoms with Crippen molar-refractivity contribution in [2.24, 2.45) is 0 Å². The minimum Gasteiger partial charge on any atom is -0.481 e. The molecule has 0 atom stereocenters. The number of amides is 1. The first-order chi connectivity index (χ1) is 6.08. The maximum absolute atomic E-state index is 10.6. The Bertz CT molecular complexity index is 305. The van der Waals surface area contributed by atoms with E-state index in [4.69, 9.17) is 5.11 Å². The summed E-state index contributed by atoms with van der Waals surface area (Å²) in [5.41, 5.74) is 0. The van der Waals surface area contributed by atoms with Crippen LogP contribution in [0.3, 0.4) is 0 Å². The van der Waals surface area contributed by atoms with Gasteiger partial charge in [0, 0.05) is 6.92 Å². The Labute approximate surface area is 77.6 Å². The zero-order valence-corrected chi connectivity index (χ0v) is 7.59. The Morgan fingerprint density at radius 3 is 2.77 bits per heavy atom. The topological polar surface area (TPSA) is 92.2 Å². The number of nitrogens with zero attached hydrogens (tertiary/aromatic N) is 2. The maximum atomic E-state index is 10.6. The summed E-state index contributed by atoms with van der Waals surface area (Å²) >= 11 is 1.05. The van der Waals surface area contributed by atoms with Gasteiger partial charge in [-0.15, -0.1) is 10.2 Å². The third-order valence-corrected chi connectivity index (χ3v) is 1.89. The second-order valence-electron chi connectivity index (χ2n) is 2.25. The highest BCUT2D eigenvalue weighted by molar-refractivity contribution is 7.15. The molecular weight excluding hydrogens is 194 g/mol. The Kier molecular flexibility index (Phi) is 2.91. The van der Waals surface area contributed by atoms with Gasteiger partial charge in [0.1, 0.15) is 5.01 Å². The second-order valence-corrected chi connectivity index (χ2v) is 3.31. The first kappa shape index (κ1) is 9.59. The average Bonchev–Trinajstić information content (AvgIpc) is 2.33. The molecule has 0 unspecified atom stereocenters. The normalized spacial score (nSPS) is 9.62. The van der Waals surface area contributed by atoms with Crippen molar-refractivity contribution in [3.8, 4) is 0 Å². The van der Waals surface area contributed by atoms with Crippen molar-refractivity contribution in [3.05, 3.63) is 5.01 Å². The molecule has 1 heterocycles. The van der Waals surface area contributed by atoms with Crippen LogP contribution < -0.4 is 5.32 Å². The summed E-state index contributed by atoms with van der Waals surface area (Å²) in [5.74, 6) is -1.22. The van der Waals surface area contributed by atoms with Crippen LogP contribution in [0.15, 0.2) is 0 Å². The van der Waals surface area contributed by atoms with E-state index in [2.05, 4.69) is 15.5 Å². The third kappa shape index (κ3) is 3.16. The molecule has 0 radical (unpaired) electrons. The molecule has 0 fully saturated rings. The monoisotopic (exact) mass is 201 g/mol. The first-order valence-electron chi connectivity index (χ1n) is 3.39. The Morgan fingerprint density at radius 1 is 1.54 bits per heavy atom. The fourth-order valence-electron chi connectivity index (χ4n) is 0.656. The molecule has 13 heavy (non-hydrogen) atoms. The van der Waals surface area contributed by atoms with E-state index in [9.17, 15) is 9.59 Å². The van der Waals surface area contributed by atoms with E-state index < -0.39 is 5.97 Å². The maximum Gasteiger partial charge on any atom is 0.310 e. The van der Waals surface area contributed by atoms with Crippen molar-refractivity contribution in [2.75, 3.05) is 5.32 Å². The summed E-state index contributed by atoms with van der Waals surface area (Å²) in [5, 5.41) is 18.7. The molecule has 0 saturated heterocycles. The standard InChI is InChI=1S/C6H7N3O3S/c1-3(10)7-6-9-8-4(13-6)2-5(11)12/h2H2,1H3,(H,11,12)(H,7,9,10). The van der Waals surface area contributed by atoms with Gasteiger partial charge in [-0.3, -0.25) is 9.59 Å². The van der Waals surface area contributed by atoms with Crippen LogP contribution >= 0.6 is 11.3 Å². The predicted molar refractivity (Wildman–Crippen MR) is 45.6 cm³/mol. The fraction of sp³-hybridized carbons (Fsp3) is 0.333. The predicted octanol–water partition coefficient (Wildman–Crippen LogP) is 0.124. The van der Waals surface area contributed by atoms with Crippen molar-refractivity contribution >= 4 is 28.3 Å². The largest absolute Gasteiger partial charge is 0.481 e. The highest BCUT2D eigenvalue weighted by Gasteiger charge is 2.08. The van der Waals surface area contributed by atoms with Crippen LogP contribution in [0.5, 0.6) is 0 Å². The number of carbonyl (C=O) groups is 2. The van der Waals surface area contributed by atoms with Crippen LogP contribution in [0.4, 0.5) is 5.13 Å². The van der Waals surface area contributed by atoms with Gasteiger partial charge in [0.05, 0.1) is 6.42 Å². The zero-order chi connectivity index (χ0) is 9.84. The molecule has 70 valence electrons. The molecule has 0 aromatic carbocycles. The van der Waals surface area contributed by atoms with Gasteiger partial charge in [-0.1, -0.05) is 11.3 Å². The molecule has 2 N–H and O–H groups in total. The molecule has 1 amide bonds. The quantitative estimate of drug-likeness (QED) is 0.724. The van der Waals surface area contributed by atoms with E-state index in [1.165, 1.54) is 6.92 Å². The molecule has 0 spiro atoms. The van der Waals surface area contributed by atoms with E-state index in [0.29, 0.717) is 10.1 Å². The number of hydrogen-bond donors (Lipinski definition) is 2. The zero-order valence-electron chi connectivity index (χ0n) is 6.77. The van der Waals surface area contributed by atoms with Gasteiger partial charge < -0.3 is 10.4 Å². The van der Waals surface area contributed by atoms with Crippen molar-refractivity contribution in [2.45, 2.75) is 13.3 Å². The third-order valence-electron chi connectivity index (χ3n) is 1.05. The summed E-state index contributed by atoms with van der Waals surface area (Å²) in [6, 6.07) is 0. The number of carboxylic acids is 1. The first-order valence-corrected chi connectivity index (χ1v) is 4.21. The molecule has 0 bridgehead atoms. The smallest absolute Gasteiger partial charge is 0.310 e. The summed E-state index contributed by atoms with van der Waals surface area (Å²) in [6.07, 6.45) is -0.169. The van der Waals surface area contributed by atoms with E-state index in [1.807, 2.05) is 0 Å². The Balaban J connectivity index is 2.63. The van der Waals surface area contributed by atoms with Crippen LogP contribution in [-0.2, 0) is 16.0 Å². The molecule has 0 aliphatic rings. The highest BCUT2D eigenvalue weighted by Crippen LogP contribution is 2.15. The fourth-order valence-corrected chi connectivity index (χ4v) is 1.43. The van der Waals surface area contributed by atoms with Crippen LogP contribution in [0.2, 0.25) is 0 Å². The lowest BCUT2D eigenvalue weighted by Gasteiger charge is -1.90. The number of rotatable bonds is 3. The molecule has 0 aliphatic carbocycles. The van der Waals surface area contributed by atoms with E-state index >= 15 is 0 Å². The van der Waals surface area contributed by atoms with Gasteiger partial charge in [-0.2, -0.15) is 0 Å². The Morgan fingerprint density at radius 2 is 2.23 bits per heavy atom. The molecule has 1 rings (SSSR count). The number of carbonyl (C=O) groups excluding carboxylic acids is 1. The van der Waals surface area contributed by atoms with Crippen LogP contribution in [-0.4, -0.2) is 27.2 Å². The van der Waals surface area contributed by atoms with Gasteiger partial charge in [0.2, 0.25) is 11.0 Å². The minimum atomic E-state index is -0.967. The number of carboxylic acid groups (broad SMARTS) is 1. The van der Waals surface area contributed by atoms with Gasteiger partial charge in [-0.25, -0.2) is 0 Å². The van der Waals surface area contributed by atoms with Crippen molar-refractivity contribution in [1.82, 2.24) is 10.2 Å². The molecule has 0 saturated carbocycles. The SMILES string of the molecule is CC(=O)Nc1nnc(CC(=O)O)s1. The molecular formula is C6H7N3O3S. The van der Waals surface area contributed by atoms with Gasteiger partial charge in [0.25, 0.3) is 0 Å². The van der Waals surface area contributed by atoms with E-state index in [1.54, 1.807) is 0 Å². The number of nitrogens with one attached hydrogen (secondary N) is 1. The summed E-state index contributed by atoms with van der Waals surface area (Å²) in [4.78, 5) is 20.8. The van der Waals surface area contributed by atoms with Crippen molar-refractivity contribution < 1.29 is 14.7 Å². The van der Waals surface area contributed by atoms with Crippen molar-refractivity contribution in [3.63, 3.8) is 0 Å². The number of anilines is 1. The molecule has 7 heteroatoms. The van der Waals surface area contributed by atoms with Gasteiger partial charge in [0.15, 0.2) is 0 Å². The molecule has 1 aromatic rings. The summed E-state index contributed by atoms with van der Waals surface area (Å²) < 4.78 is 0. The van der Waals surface area contributed by atoms with Crippen LogP contribution in [0.1, 0.15) is 11.9 Å². The van der Waals surface area contributed by atoms with Gasteiger partial charge in [-0.05, 0) is 0 Å². The number of aliphatic carboxylic acids is 1. The average molecular weight is 201 g/mol. The lowest BCUT2D eigenvalue weighted by Crippen LogP contribution is -2.04. The van der Waals surface area contributed by atoms with Crippen molar-refractivity contribution in [1.29, 1.82) is 0 Å². The lowest BCUT2D eigenvalue weighted by molar-refractivity contribution is -0.136.